The highest BCUT2D eigenvalue weighted by Crippen LogP contribution is 2.25. The molecule has 0 amide bonds. The lowest BCUT2D eigenvalue weighted by Gasteiger charge is -2.12. The topological polar surface area (TPSA) is 48.1 Å². The minimum absolute atomic E-state index is 0.230. The van der Waals surface area contributed by atoms with E-state index >= 15 is 0 Å². The van der Waals surface area contributed by atoms with Crippen molar-refractivity contribution in [3.05, 3.63) is 54.0 Å². The maximum Gasteiger partial charge on any atom is 0.165 e. The number of pyridine rings is 1. The van der Waals surface area contributed by atoms with Crippen LogP contribution in [0.1, 0.15) is 11.6 Å². The monoisotopic (exact) mass is 278 g/mol. The molecule has 100 valence electrons. The molecule has 1 heterocycles. The zero-order chi connectivity index (χ0) is 13.7. The van der Waals surface area contributed by atoms with E-state index in [1.165, 1.54) is 13.2 Å². The number of nitrogens with two attached hydrogens (primary N) is 1. The van der Waals surface area contributed by atoms with Crippen molar-refractivity contribution in [3.63, 3.8) is 0 Å². The Kier molecular flexibility index (Phi) is 4.76. The summed E-state index contributed by atoms with van der Waals surface area (Å²) in [5.74, 6) is 0.481. The van der Waals surface area contributed by atoms with E-state index < -0.39 is 5.82 Å². The quantitative estimate of drug-likeness (QED) is 0.854. The van der Waals surface area contributed by atoms with Crippen LogP contribution in [-0.4, -0.2) is 17.8 Å². The van der Waals surface area contributed by atoms with Crippen molar-refractivity contribution >= 4 is 11.8 Å². The fraction of sp³-hybridized carbons (Fsp3) is 0.214. The third-order valence-corrected chi connectivity index (χ3v) is 3.72. The Hall–Kier alpha value is -1.59. The minimum Gasteiger partial charge on any atom is -0.494 e. The summed E-state index contributed by atoms with van der Waals surface area (Å²) in [6.45, 7) is 0. The van der Waals surface area contributed by atoms with Gasteiger partial charge >= 0.3 is 0 Å². The molecule has 2 aromatic rings. The first-order valence-electron chi connectivity index (χ1n) is 5.83. The van der Waals surface area contributed by atoms with Crippen LogP contribution >= 0.6 is 11.8 Å². The number of rotatable bonds is 5. The van der Waals surface area contributed by atoms with E-state index in [0.717, 1.165) is 10.6 Å². The number of thioether (sulfide) groups is 1. The first kappa shape index (κ1) is 13.8. The molecule has 2 rings (SSSR count). The van der Waals surface area contributed by atoms with Crippen LogP contribution in [0.3, 0.4) is 0 Å². The summed E-state index contributed by atoms with van der Waals surface area (Å²) in [6.07, 6.45) is 1.74. The lowest BCUT2D eigenvalue weighted by Crippen LogP contribution is -2.13. The number of benzene rings is 1. The zero-order valence-electron chi connectivity index (χ0n) is 10.5. The molecule has 0 aliphatic rings. The second-order valence-electron chi connectivity index (χ2n) is 3.98. The maximum absolute atomic E-state index is 13.6. The summed E-state index contributed by atoms with van der Waals surface area (Å²) in [7, 11) is 1.44. The average molecular weight is 278 g/mol. The number of hydrogen-bond donors (Lipinski definition) is 1. The average Bonchev–Trinajstić information content (AvgIpc) is 2.45. The summed E-state index contributed by atoms with van der Waals surface area (Å²) in [5.41, 5.74) is 6.80. The normalized spacial score (nSPS) is 12.2. The second kappa shape index (κ2) is 6.54. The van der Waals surface area contributed by atoms with Gasteiger partial charge in [0.05, 0.1) is 12.1 Å². The third kappa shape index (κ3) is 3.68. The summed E-state index contributed by atoms with van der Waals surface area (Å²) in [4.78, 5) is 4.20. The molecule has 5 heteroatoms. The van der Waals surface area contributed by atoms with E-state index in [0.29, 0.717) is 5.75 Å². The van der Waals surface area contributed by atoms with Crippen LogP contribution < -0.4 is 10.5 Å². The van der Waals surface area contributed by atoms with Gasteiger partial charge in [-0.3, -0.25) is 0 Å². The molecule has 0 spiro atoms. The Morgan fingerprint density at radius 1 is 1.37 bits per heavy atom. The molecular weight excluding hydrogens is 263 g/mol. The van der Waals surface area contributed by atoms with Gasteiger partial charge in [0.15, 0.2) is 11.6 Å². The number of methoxy groups -OCH3 is 1. The molecule has 1 atom stereocenters. The lowest BCUT2D eigenvalue weighted by molar-refractivity contribution is 0.386. The van der Waals surface area contributed by atoms with Gasteiger partial charge in [-0.1, -0.05) is 12.1 Å². The highest BCUT2D eigenvalue weighted by atomic mass is 32.2. The van der Waals surface area contributed by atoms with Crippen LogP contribution in [0.2, 0.25) is 0 Å². The molecule has 19 heavy (non-hydrogen) atoms. The van der Waals surface area contributed by atoms with Crippen molar-refractivity contribution in [1.82, 2.24) is 4.98 Å². The SMILES string of the molecule is COc1ccc(C(N)CSc2ccccn2)cc1F. The Labute approximate surface area is 116 Å². The molecule has 0 fully saturated rings. The van der Waals surface area contributed by atoms with Crippen LogP contribution in [-0.2, 0) is 0 Å². The predicted molar refractivity (Wildman–Crippen MR) is 74.8 cm³/mol. The van der Waals surface area contributed by atoms with Crippen molar-refractivity contribution in [3.8, 4) is 5.75 Å². The number of aromatic nitrogens is 1. The minimum atomic E-state index is -0.390. The number of ether oxygens (including phenoxy) is 1. The summed E-state index contributed by atoms with van der Waals surface area (Å²) in [6, 6.07) is 10.3. The van der Waals surface area contributed by atoms with Gasteiger partial charge < -0.3 is 10.5 Å². The Bertz CT molecular complexity index is 536. The first-order chi connectivity index (χ1) is 9.20. The molecule has 3 nitrogen and oxygen atoms in total. The smallest absolute Gasteiger partial charge is 0.165 e. The van der Waals surface area contributed by atoms with Gasteiger partial charge in [-0.15, -0.1) is 11.8 Å². The zero-order valence-corrected chi connectivity index (χ0v) is 11.4. The Morgan fingerprint density at radius 3 is 2.84 bits per heavy atom. The fourth-order valence-corrected chi connectivity index (χ4v) is 2.47. The van der Waals surface area contributed by atoms with Gasteiger partial charge in [0.1, 0.15) is 0 Å². The van der Waals surface area contributed by atoms with Gasteiger partial charge in [0.2, 0.25) is 0 Å². The molecule has 0 aliphatic heterocycles. The molecule has 0 aliphatic carbocycles. The molecule has 0 saturated heterocycles. The third-order valence-electron chi connectivity index (χ3n) is 2.65. The molecule has 1 aromatic heterocycles. The lowest BCUT2D eigenvalue weighted by atomic mass is 10.1. The number of halogens is 1. The van der Waals surface area contributed by atoms with Crippen molar-refractivity contribution in [2.75, 3.05) is 12.9 Å². The van der Waals surface area contributed by atoms with Crippen LogP contribution in [0, 0.1) is 5.82 Å². The summed E-state index contributed by atoms with van der Waals surface area (Å²) < 4.78 is 18.5. The Balaban J connectivity index is 2.00. The standard InChI is InChI=1S/C14H15FN2OS/c1-18-13-6-5-10(8-11(13)15)12(16)9-19-14-4-2-3-7-17-14/h2-8,12H,9,16H2,1H3. The number of hydrogen-bond acceptors (Lipinski definition) is 4. The molecular formula is C14H15FN2OS. The van der Waals surface area contributed by atoms with E-state index in [4.69, 9.17) is 10.5 Å². The first-order valence-corrected chi connectivity index (χ1v) is 6.82. The van der Waals surface area contributed by atoms with E-state index in [-0.39, 0.29) is 11.8 Å². The number of nitrogens with zero attached hydrogens (tertiary/aromatic N) is 1. The molecule has 1 aromatic carbocycles. The molecule has 1 unspecified atom stereocenters. The van der Waals surface area contributed by atoms with Crippen molar-refractivity contribution in [2.45, 2.75) is 11.1 Å². The van der Waals surface area contributed by atoms with Crippen molar-refractivity contribution in [1.29, 1.82) is 0 Å². The van der Waals surface area contributed by atoms with Crippen LogP contribution in [0.4, 0.5) is 4.39 Å². The van der Waals surface area contributed by atoms with Gasteiger partial charge in [0.25, 0.3) is 0 Å². The highest BCUT2D eigenvalue weighted by molar-refractivity contribution is 7.99. The van der Waals surface area contributed by atoms with Crippen LogP contribution in [0.25, 0.3) is 0 Å². The largest absolute Gasteiger partial charge is 0.494 e. The molecule has 0 radical (unpaired) electrons. The summed E-state index contributed by atoms with van der Waals surface area (Å²) in [5, 5.41) is 0.909. The van der Waals surface area contributed by atoms with Gasteiger partial charge in [0, 0.05) is 18.0 Å². The van der Waals surface area contributed by atoms with E-state index in [2.05, 4.69) is 4.98 Å². The Morgan fingerprint density at radius 2 is 2.21 bits per heavy atom. The second-order valence-corrected chi connectivity index (χ2v) is 5.02. The van der Waals surface area contributed by atoms with Crippen LogP contribution in [0.5, 0.6) is 5.75 Å². The summed E-state index contributed by atoms with van der Waals surface area (Å²) >= 11 is 1.55. The van der Waals surface area contributed by atoms with Gasteiger partial charge in [-0.05, 0) is 29.8 Å². The molecule has 0 bridgehead atoms. The van der Waals surface area contributed by atoms with Crippen molar-refractivity contribution < 1.29 is 9.13 Å². The molecule has 0 saturated carbocycles. The van der Waals surface area contributed by atoms with E-state index in [1.807, 2.05) is 18.2 Å². The van der Waals surface area contributed by atoms with Gasteiger partial charge in [-0.25, -0.2) is 9.37 Å². The van der Waals surface area contributed by atoms with Crippen LogP contribution in [0.15, 0.2) is 47.6 Å². The predicted octanol–water partition coefficient (Wildman–Crippen LogP) is 3.02. The highest BCUT2D eigenvalue weighted by Gasteiger charge is 2.10. The molecule has 2 N–H and O–H groups in total. The van der Waals surface area contributed by atoms with E-state index in [9.17, 15) is 4.39 Å². The fourth-order valence-electron chi connectivity index (χ4n) is 1.62. The van der Waals surface area contributed by atoms with Gasteiger partial charge in [-0.2, -0.15) is 0 Å². The maximum atomic E-state index is 13.6. The van der Waals surface area contributed by atoms with E-state index in [1.54, 1.807) is 30.1 Å². The van der Waals surface area contributed by atoms with Crippen molar-refractivity contribution in [2.24, 2.45) is 5.73 Å².